The summed E-state index contributed by atoms with van der Waals surface area (Å²) in [5.74, 6) is 0.565. The molecule has 1 aromatic carbocycles. The second-order valence-electron chi connectivity index (χ2n) is 4.25. The predicted molar refractivity (Wildman–Crippen MR) is 76.8 cm³/mol. The fraction of sp³-hybridized carbons (Fsp3) is 0.385. The zero-order chi connectivity index (χ0) is 14.4. The third kappa shape index (κ3) is 4.09. The number of methoxy groups -OCH3 is 1. The van der Waals surface area contributed by atoms with E-state index in [1.165, 1.54) is 12.4 Å². The SMILES string of the molecule is COCCNCc1ncnn1Cc1ccc(F)c(Br)c1. The van der Waals surface area contributed by atoms with Crippen LogP contribution in [0.1, 0.15) is 11.4 Å². The van der Waals surface area contributed by atoms with E-state index in [0.29, 0.717) is 24.2 Å². The topological polar surface area (TPSA) is 52.0 Å². The van der Waals surface area contributed by atoms with E-state index in [2.05, 4.69) is 31.3 Å². The van der Waals surface area contributed by atoms with Crippen LogP contribution < -0.4 is 5.32 Å². The zero-order valence-corrected chi connectivity index (χ0v) is 12.7. The minimum atomic E-state index is -0.270. The predicted octanol–water partition coefficient (Wildman–Crippen LogP) is 1.96. The van der Waals surface area contributed by atoms with Crippen molar-refractivity contribution < 1.29 is 9.13 Å². The average molecular weight is 343 g/mol. The Hall–Kier alpha value is -1.31. The highest BCUT2D eigenvalue weighted by Crippen LogP contribution is 2.17. The van der Waals surface area contributed by atoms with E-state index >= 15 is 0 Å². The van der Waals surface area contributed by atoms with Gasteiger partial charge in [0.15, 0.2) is 0 Å². The molecule has 0 radical (unpaired) electrons. The van der Waals surface area contributed by atoms with E-state index in [0.717, 1.165) is 17.9 Å². The molecule has 0 atom stereocenters. The number of rotatable bonds is 7. The summed E-state index contributed by atoms with van der Waals surface area (Å²) >= 11 is 3.18. The number of halogens is 2. The minimum Gasteiger partial charge on any atom is -0.383 e. The highest BCUT2D eigenvalue weighted by Gasteiger charge is 2.06. The Morgan fingerprint density at radius 3 is 3.05 bits per heavy atom. The third-order valence-electron chi connectivity index (χ3n) is 2.78. The summed E-state index contributed by atoms with van der Waals surface area (Å²) in [4.78, 5) is 4.21. The van der Waals surface area contributed by atoms with E-state index < -0.39 is 0 Å². The summed E-state index contributed by atoms with van der Waals surface area (Å²) in [6.45, 7) is 2.58. The molecule has 0 fully saturated rings. The highest BCUT2D eigenvalue weighted by molar-refractivity contribution is 9.10. The fourth-order valence-electron chi connectivity index (χ4n) is 1.74. The van der Waals surface area contributed by atoms with Crippen molar-refractivity contribution in [3.63, 3.8) is 0 Å². The Balaban J connectivity index is 1.99. The van der Waals surface area contributed by atoms with E-state index in [-0.39, 0.29) is 5.82 Å². The van der Waals surface area contributed by atoms with Crippen molar-refractivity contribution in [2.75, 3.05) is 20.3 Å². The van der Waals surface area contributed by atoms with Crippen molar-refractivity contribution in [2.24, 2.45) is 0 Å². The van der Waals surface area contributed by atoms with Gasteiger partial charge in [-0.2, -0.15) is 5.10 Å². The van der Waals surface area contributed by atoms with Crippen LogP contribution in [0.15, 0.2) is 29.0 Å². The molecule has 0 saturated heterocycles. The molecule has 5 nitrogen and oxygen atoms in total. The quantitative estimate of drug-likeness (QED) is 0.781. The number of hydrogen-bond acceptors (Lipinski definition) is 4. The van der Waals surface area contributed by atoms with Gasteiger partial charge >= 0.3 is 0 Å². The van der Waals surface area contributed by atoms with Crippen molar-refractivity contribution in [2.45, 2.75) is 13.1 Å². The van der Waals surface area contributed by atoms with E-state index in [1.54, 1.807) is 23.9 Å². The number of benzene rings is 1. The van der Waals surface area contributed by atoms with Crippen molar-refractivity contribution in [3.05, 3.63) is 46.2 Å². The summed E-state index contributed by atoms with van der Waals surface area (Å²) in [5.41, 5.74) is 0.960. The third-order valence-corrected chi connectivity index (χ3v) is 3.39. The lowest BCUT2D eigenvalue weighted by atomic mass is 10.2. The summed E-state index contributed by atoms with van der Waals surface area (Å²) < 4.78 is 20.4. The molecule has 1 heterocycles. The molecule has 0 aliphatic heterocycles. The molecule has 0 amide bonds. The first-order valence-corrected chi connectivity index (χ1v) is 7.00. The lowest BCUT2D eigenvalue weighted by molar-refractivity contribution is 0.198. The molecule has 1 N–H and O–H groups in total. The molecular weight excluding hydrogens is 327 g/mol. The van der Waals surface area contributed by atoms with Crippen LogP contribution in [0.2, 0.25) is 0 Å². The Labute approximate surface area is 125 Å². The van der Waals surface area contributed by atoms with Crippen LogP contribution in [-0.4, -0.2) is 35.0 Å². The number of nitrogens with one attached hydrogen (secondary N) is 1. The van der Waals surface area contributed by atoms with Gasteiger partial charge in [0.05, 0.1) is 24.2 Å². The molecule has 0 spiro atoms. The fourth-order valence-corrected chi connectivity index (χ4v) is 2.17. The summed E-state index contributed by atoms with van der Waals surface area (Å²) in [7, 11) is 1.66. The molecule has 0 bridgehead atoms. The van der Waals surface area contributed by atoms with Gasteiger partial charge in [0.25, 0.3) is 0 Å². The molecule has 7 heteroatoms. The Bertz CT molecular complexity index is 561. The number of hydrogen-bond donors (Lipinski definition) is 1. The first-order valence-electron chi connectivity index (χ1n) is 6.21. The van der Waals surface area contributed by atoms with Crippen molar-refractivity contribution in [1.82, 2.24) is 20.1 Å². The van der Waals surface area contributed by atoms with Gasteiger partial charge < -0.3 is 10.1 Å². The van der Waals surface area contributed by atoms with Crippen molar-refractivity contribution in [3.8, 4) is 0 Å². The van der Waals surface area contributed by atoms with E-state index in [9.17, 15) is 4.39 Å². The normalized spacial score (nSPS) is 10.9. The molecule has 2 rings (SSSR count). The van der Waals surface area contributed by atoms with Gasteiger partial charge in [-0.3, -0.25) is 0 Å². The zero-order valence-electron chi connectivity index (χ0n) is 11.1. The second kappa shape index (κ2) is 7.47. The maximum absolute atomic E-state index is 13.2. The van der Waals surface area contributed by atoms with Crippen molar-refractivity contribution in [1.29, 1.82) is 0 Å². The molecule has 0 aliphatic rings. The molecule has 0 aliphatic carbocycles. The van der Waals surface area contributed by atoms with Gasteiger partial charge in [-0.05, 0) is 33.6 Å². The molecule has 2 aromatic rings. The van der Waals surface area contributed by atoms with E-state index in [4.69, 9.17) is 4.74 Å². The maximum Gasteiger partial charge on any atom is 0.141 e. The smallest absolute Gasteiger partial charge is 0.141 e. The lowest BCUT2D eigenvalue weighted by Gasteiger charge is -2.08. The van der Waals surface area contributed by atoms with Crippen LogP contribution in [0.5, 0.6) is 0 Å². The standard InChI is InChI=1S/C13H16BrFN4O/c1-20-5-4-16-7-13-17-9-18-19(13)8-10-2-3-12(15)11(14)6-10/h2-3,6,9,16H,4-5,7-8H2,1H3. The Morgan fingerprint density at radius 2 is 2.30 bits per heavy atom. The van der Waals surface area contributed by atoms with Crippen molar-refractivity contribution >= 4 is 15.9 Å². The number of nitrogens with zero attached hydrogens (tertiary/aromatic N) is 3. The molecule has 108 valence electrons. The highest BCUT2D eigenvalue weighted by atomic mass is 79.9. The lowest BCUT2D eigenvalue weighted by Crippen LogP contribution is -2.21. The van der Waals surface area contributed by atoms with Crippen LogP contribution in [0.25, 0.3) is 0 Å². The first kappa shape index (κ1) is 15.1. The number of ether oxygens (including phenoxy) is 1. The summed E-state index contributed by atoms with van der Waals surface area (Å²) in [5, 5.41) is 7.41. The van der Waals surface area contributed by atoms with Gasteiger partial charge in [0, 0.05) is 13.7 Å². The van der Waals surface area contributed by atoms with Gasteiger partial charge in [0.2, 0.25) is 0 Å². The second-order valence-corrected chi connectivity index (χ2v) is 5.11. The van der Waals surface area contributed by atoms with Crippen LogP contribution in [0, 0.1) is 5.82 Å². The minimum absolute atomic E-state index is 0.270. The molecule has 0 unspecified atom stereocenters. The maximum atomic E-state index is 13.2. The Kier molecular flexibility index (Phi) is 5.63. The van der Waals surface area contributed by atoms with Gasteiger partial charge in [-0.1, -0.05) is 6.07 Å². The molecule has 1 aromatic heterocycles. The monoisotopic (exact) mass is 342 g/mol. The van der Waals surface area contributed by atoms with Gasteiger partial charge in [0.1, 0.15) is 18.0 Å². The van der Waals surface area contributed by atoms with Crippen LogP contribution in [-0.2, 0) is 17.8 Å². The Morgan fingerprint density at radius 1 is 1.45 bits per heavy atom. The summed E-state index contributed by atoms with van der Waals surface area (Å²) in [6, 6.07) is 4.93. The molecule has 0 saturated carbocycles. The van der Waals surface area contributed by atoms with Gasteiger partial charge in [-0.15, -0.1) is 0 Å². The number of aromatic nitrogens is 3. The largest absolute Gasteiger partial charge is 0.383 e. The van der Waals surface area contributed by atoms with Gasteiger partial charge in [-0.25, -0.2) is 14.1 Å². The van der Waals surface area contributed by atoms with E-state index in [1.807, 2.05) is 0 Å². The first-order chi connectivity index (χ1) is 9.70. The molecule has 20 heavy (non-hydrogen) atoms. The average Bonchev–Trinajstić information content (AvgIpc) is 2.86. The molecular formula is C13H16BrFN4O. The summed E-state index contributed by atoms with van der Waals surface area (Å²) in [6.07, 6.45) is 1.52. The van der Waals surface area contributed by atoms with Crippen LogP contribution in [0.3, 0.4) is 0 Å². The van der Waals surface area contributed by atoms with Crippen LogP contribution >= 0.6 is 15.9 Å². The van der Waals surface area contributed by atoms with Crippen LogP contribution in [0.4, 0.5) is 4.39 Å².